The Hall–Kier alpha value is -0.670. The van der Waals surface area contributed by atoms with Crippen molar-refractivity contribution in [3.05, 3.63) is 0 Å². The van der Waals surface area contributed by atoms with Gasteiger partial charge in [-0.05, 0) is 0 Å². The molecule has 0 saturated heterocycles. The molecule has 1 N–H and O–H groups in total. The van der Waals surface area contributed by atoms with Crippen molar-refractivity contribution in [3.8, 4) is 0 Å². The fraction of sp³-hybridized carbons (Fsp3) is 0.875. The number of alkyl halides is 2. The van der Waals surface area contributed by atoms with E-state index >= 15 is 0 Å². The summed E-state index contributed by atoms with van der Waals surface area (Å²) in [5.74, 6) is -4.09. The monoisotopic (exact) mass is 180 g/mol. The average molecular weight is 180 g/mol. The molecule has 72 valence electrons. The van der Waals surface area contributed by atoms with Crippen LogP contribution in [0.25, 0.3) is 0 Å². The van der Waals surface area contributed by atoms with E-state index in [2.05, 4.69) is 0 Å². The van der Waals surface area contributed by atoms with E-state index in [1.807, 2.05) is 0 Å². The van der Waals surface area contributed by atoms with Crippen molar-refractivity contribution in [2.24, 2.45) is 5.41 Å². The van der Waals surface area contributed by atoms with E-state index in [1.165, 1.54) is 20.8 Å². The highest BCUT2D eigenvalue weighted by Crippen LogP contribution is 2.38. The third kappa shape index (κ3) is 3.15. The number of carboxylic acids is 1. The SMILES string of the molecule is CC(C)(C)C(F)(F)CCC(=O)O. The smallest absolute Gasteiger partial charge is 0.303 e. The summed E-state index contributed by atoms with van der Waals surface area (Å²) < 4.78 is 26.1. The second kappa shape index (κ2) is 3.37. The molecule has 0 aliphatic rings. The average Bonchev–Trinajstić information content (AvgIpc) is 1.81. The van der Waals surface area contributed by atoms with Gasteiger partial charge in [-0.3, -0.25) is 4.79 Å². The molecule has 4 heteroatoms. The number of hydrogen-bond acceptors (Lipinski definition) is 1. The van der Waals surface area contributed by atoms with Crippen molar-refractivity contribution in [1.82, 2.24) is 0 Å². The maximum Gasteiger partial charge on any atom is 0.303 e. The highest BCUT2D eigenvalue weighted by molar-refractivity contribution is 5.66. The van der Waals surface area contributed by atoms with Crippen molar-refractivity contribution in [2.75, 3.05) is 0 Å². The predicted octanol–water partition coefficient (Wildman–Crippen LogP) is 2.53. The van der Waals surface area contributed by atoms with Crippen LogP contribution in [0.1, 0.15) is 33.6 Å². The topological polar surface area (TPSA) is 37.3 Å². The lowest BCUT2D eigenvalue weighted by atomic mass is 9.85. The van der Waals surface area contributed by atoms with E-state index in [1.54, 1.807) is 0 Å². The summed E-state index contributed by atoms with van der Waals surface area (Å²) >= 11 is 0. The molecule has 12 heavy (non-hydrogen) atoms. The van der Waals surface area contributed by atoms with E-state index < -0.39 is 30.1 Å². The van der Waals surface area contributed by atoms with Crippen LogP contribution in [0.15, 0.2) is 0 Å². The van der Waals surface area contributed by atoms with Crippen LogP contribution >= 0.6 is 0 Å². The lowest BCUT2D eigenvalue weighted by molar-refractivity contribution is -0.143. The summed E-state index contributed by atoms with van der Waals surface area (Å²) in [4.78, 5) is 10.0. The molecule has 2 nitrogen and oxygen atoms in total. The van der Waals surface area contributed by atoms with Crippen LogP contribution in [0, 0.1) is 5.41 Å². The molecule has 0 amide bonds. The molecule has 0 aromatic carbocycles. The highest BCUT2D eigenvalue weighted by Gasteiger charge is 2.42. The molecule has 0 aromatic rings. The lowest BCUT2D eigenvalue weighted by Gasteiger charge is -2.29. The summed E-state index contributed by atoms with van der Waals surface area (Å²) in [5, 5.41) is 8.21. The quantitative estimate of drug-likeness (QED) is 0.724. The fourth-order valence-electron chi connectivity index (χ4n) is 0.639. The van der Waals surface area contributed by atoms with Gasteiger partial charge in [0.15, 0.2) is 0 Å². The number of rotatable bonds is 3. The molecule has 0 rings (SSSR count). The number of halogens is 2. The number of aliphatic carboxylic acids is 1. The number of carboxylic acid groups (broad SMARTS) is 1. The minimum absolute atomic E-state index is 0.482. The van der Waals surface area contributed by atoms with Crippen molar-refractivity contribution in [3.63, 3.8) is 0 Å². The molecule has 0 aliphatic carbocycles. The Labute approximate surface area is 70.6 Å². The van der Waals surface area contributed by atoms with Gasteiger partial charge in [0, 0.05) is 11.8 Å². The van der Waals surface area contributed by atoms with Gasteiger partial charge < -0.3 is 5.11 Å². The molecule has 0 radical (unpaired) electrons. The molecule has 0 heterocycles. The highest BCUT2D eigenvalue weighted by atomic mass is 19.3. The molecule has 0 spiro atoms. The van der Waals surface area contributed by atoms with Crippen molar-refractivity contribution < 1.29 is 18.7 Å². The zero-order valence-corrected chi connectivity index (χ0v) is 7.53. The van der Waals surface area contributed by atoms with Gasteiger partial charge in [0.25, 0.3) is 5.92 Å². The van der Waals surface area contributed by atoms with Gasteiger partial charge in [0.1, 0.15) is 0 Å². The molecule has 0 bridgehead atoms. The molecular formula is C8H14F2O2. The molecule has 0 saturated carbocycles. The molecule has 0 aromatic heterocycles. The molecule has 0 aliphatic heterocycles. The number of hydrogen-bond donors (Lipinski definition) is 1. The van der Waals surface area contributed by atoms with E-state index in [0.717, 1.165) is 0 Å². The van der Waals surface area contributed by atoms with Crippen molar-refractivity contribution >= 4 is 5.97 Å². The predicted molar refractivity (Wildman–Crippen MR) is 41.3 cm³/mol. The van der Waals surface area contributed by atoms with Gasteiger partial charge in [0.2, 0.25) is 0 Å². The van der Waals surface area contributed by atoms with Crippen LogP contribution < -0.4 is 0 Å². The Balaban J connectivity index is 4.14. The van der Waals surface area contributed by atoms with Crippen molar-refractivity contribution in [1.29, 1.82) is 0 Å². The Bertz CT molecular complexity index is 170. The molecule has 0 fully saturated rings. The van der Waals surface area contributed by atoms with Gasteiger partial charge in [0.05, 0.1) is 6.42 Å². The summed E-state index contributed by atoms with van der Waals surface area (Å²) in [6, 6.07) is 0. The Morgan fingerprint density at radius 2 is 1.75 bits per heavy atom. The van der Waals surface area contributed by atoms with Crippen LogP contribution in [0.2, 0.25) is 0 Å². The second-order valence-corrected chi connectivity index (χ2v) is 3.85. The normalized spacial score (nSPS) is 13.1. The van der Waals surface area contributed by atoms with Gasteiger partial charge >= 0.3 is 5.97 Å². The van der Waals surface area contributed by atoms with Gasteiger partial charge in [-0.15, -0.1) is 0 Å². The zero-order valence-electron chi connectivity index (χ0n) is 7.53. The Morgan fingerprint density at radius 1 is 1.33 bits per heavy atom. The summed E-state index contributed by atoms with van der Waals surface area (Å²) in [6.45, 7) is 4.19. The molecular weight excluding hydrogens is 166 g/mol. The van der Waals surface area contributed by atoms with E-state index in [-0.39, 0.29) is 0 Å². The third-order valence-corrected chi connectivity index (χ3v) is 1.75. The van der Waals surface area contributed by atoms with E-state index in [9.17, 15) is 13.6 Å². The van der Waals surface area contributed by atoms with Gasteiger partial charge in [-0.1, -0.05) is 20.8 Å². The summed E-state index contributed by atoms with van der Waals surface area (Å²) in [6.07, 6.45) is -1.07. The van der Waals surface area contributed by atoms with Gasteiger partial charge in [-0.25, -0.2) is 8.78 Å². The van der Waals surface area contributed by atoms with E-state index in [4.69, 9.17) is 5.11 Å². The van der Waals surface area contributed by atoms with Crippen LogP contribution in [0.3, 0.4) is 0 Å². The van der Waals surface area contributed by atoms with Crippen LogP contribution in [-0.2, 0) is 4.79 Å². The first-order valence-electron chi connectivity index (χ1n) is 3.76. The first-order chi connectivity index (χ1) is 5.17. The van der Waals surface area contributed by atoms with Crippen molar-refractivity contribution in [2.45, 2.75) is 39.5 Å². The van der Waals surface area contributed by atoms with Crippen LogP contribution in [0.5, 0.6) is 0 Å². The Morgan fingerprint density at radius 3 is 2.00 bits per heavy atom. The Kier molecular flexibility index (Phi) is 3.18. The standard InChI is InChI=1S/C8H14F2O2/c1-7(2,3)8(9,10)5-4-6(11)12/h4-5H2,1-3H3,(H,11,12). The summed E-state index contributed by atoms with van der Waals surface area (Å²) in [7, 11) is 0. The van der Waals surface area contributed by atoms with Gasteiger partial charge in [-0.2, -0.15) is 0 Å². The minimum Gasteiger partial charge on any atom is -0.481 e. The maximum absolute atomic E-state index is 13.0. The minimum atomic E-state index is -2.91. The largest absolute Gasteiger partial charge is 0.481 e. The van der Waals surface area contributed by atoms with Crippen LogP contribution in [0.4, 0.5) is 8.78 Å². The number of carbonyl (C=O) groups is 1. The third-order valence-electron chi connectivity index (χ3n) is 1.75. The molecule has 0 atom stereocenters. The lowest BCUT2D eigenvalue weighted by Crippen LogP contribution is -2.34. The van der Waals surface area contributed by atoms with Crippen LogP contribution in [-0.4, -0.2) is 17.0 Å². The van der Waals surface area contributed by atoms with E-state index in [0.29, 0.717) is 0 Å². The first kappa shape index (κ1) is 11.3. The zero-order chi connectivity index (χ0) is 9.99. The summed E-state index contributed by atoms with van der Waals surface area (Å²) in [5.41, 5.74) is -1.16. The first-order valence-corrected chi connectivity index (χ1v) is 3.76. The fourth-order valence-corrected chi connectivity index (χ4v) is 0.639. The molecule has 0 unspecified atom stereocenters. The maximum atomic E-state index is 13.0. The second-order valence-electron chi connectivity index (χ2n) is 3.85.